The maximum absolute atomic E-state index is 12.8. The van der Waals surface area contributed by atoms with Crippen molar-refractivity contribution in [2.75, 3.05) is 34.4 Å². The number of amides is 3. The van der Waals surface area contributed by atoms with Crippen molar-refractivity contribution in [1.82, 2.24) is 0 Å². The number of hydrogen-bond acceptors (Lipinski definition) is 4. The lowest BCUT2D eigenvalue weighted by Gasteiger charge is -2.18. The fraction of sp³-hybridized carbons (Fsp3) is 0.192. The van der Waals surface area contributed by atoms with E-state index in [1.807, 2.05) is 55.5 Å². The lowest BCUT2D eigenvalue weighted by Crippen LogP contribution is -2.26. The Morgan fingerprint density at radius 1 is 0.818 bits per heavy atom. The second-order valence-electron chi connectivity index (χ2n) is 7.56. The van der Waals surface area contributed by atoms with Crippen LogP contribution in [0.1, 0.15) is 29.3 Å². The second-order valence-corrected chi connectivity index (χ2v) is 7.56. The Morgan fingerprint density at radius 2 is 1.52 bits per heavy atom. The van der Waals surface area contributed by atoms with Gasteiger partial charge in [-0.25, -0.2) is 0 Å². The Balaban J connectivity index is 1.62. The Morgan fingerprint density at radius 3 is 2.24 bits per heavy atom. The zero-order valence-corrected chi connectivity index (χ0v) is 19.0. The molecular weight excluding hydrogens is 416 g/mol. The molecule has 0 aliphatic carbocycles. The molecule has 3 aromatic rings. The van der Waals surface area contributed by atoms with E-state index in [4.69, 9.17) is 0 Å². The molecule has 33 heavy (non-hydrogen) atoms. The largest absolute Gasteiger partial charge is 0.376 e. The lowest BCUT2D eigenvalue weighted by atomic mass is 10.1. The molecule has 0 saturated carbocycles. The van der Waals surface area contributed by atoms with Crippen LogP contribution in [0.4, 0.5) is 22.7 Å². The Kier molecular flexibility index (Phi) is 7.81. The molecule has 0 radical (unpaired) electrons. The smallest absolute Gasteiger partial charge is 0.258 e. The van der Waals surface area contributed by atoms with Crippen molar-refractivity contribution in [3.8, 4) is 0 Å². The molecule has 0 heterocycles. The summed E-state index contributed by atoms with van der Waals surface area (Å²) in [5.41, 5.74) is 4.11. The van der Waals surface area contributed by atoms with Crippen LogP contribution in [-0.4, -0.2) is 31.3 Å². The van der Waals surface area contributed by atoms with Crippen LogP contribution in [-0.2, 0) is 9.59 Å². The highest BCUT2D eigenvalue weighted by molar-refractivity contribution is 6.06. The van der Waals surface area contributed by atoms with Crippen LogP contribution < -0.4 is 20.9 Å². The Bertz CT molecular complexity index is 1150. The molecule has 0 atom stereocenters. The highest BCUT2D eigenvalue weighted by Gasteiger charge is 2.14. The molecule has 3 aromatic carbocycles. The monoisotopic (exact) mass is 444 g/mol. The molecule has 7 nitrogen and oxygen atoms in total. The molecule has 0 aliphatic rings. The SMILES string of the molecule is CCC(=O)Nc1cccc(NCC(=O)Nc2cccc(C(=O)N(C)c3ccccc3)c2)c1C. The summed E-state index contributed by atoms with van der Waals surface area (Å²) in [5.74, 6) is -0.490. The molecule has 0 fully saturated rings. The third-order valence-electron chi connectivity index (χ3n) is 5.21. The normalized spacial score (nSPS) is 10.3. The highest BCUT2D eigenvalue weighted by atomic mass is 16.2. The first kappa shape index (κ1) is 23.5. The van der Waals surface area contributed by atoms with Crippen LogP contribution in [0.2, 0.25) is 0 Å². The van der Waals surface area contributed by atoms with E-state index in [1.165, 1.54) is 0 Å². The van der Waals surface area contributed by atoms with E-state index in [1.54, 1.807) is 43.1 Å². The predicted molar refractivity (Wildman–Crippen MR) is 133 cm³/mol. The van der Waals surface area contributed by atoms with Gasteiger partial charge in [0.15, 0.2) is 0 Å². The van der Waals surface area contributed by atoms with Crippen molar-refractivity contribution >= 4 is 40.5 Å². The average Bonchev–Trinajstić information content (AvgIpc) is 2.84. The van der Waals surface area contributed by atoms with Crippen LogP contribution >= 0.6 is 0 Å². The fourth-order valence-electron chi connectivity index (χ4n) is 3.27. The van der Waals surface area contributed by atoms with Gasteiger partial charge in [0.1, 0.15) is 0 Å². The molecule has 0 spiro atoms. The first-order valence-corrected chi connectivity index (χ1v) is 10.8. The van der Waals surface area contributed by atoms with Crippen molar-refractivity contribution in [3.05, 3.63) is 83.9 Å². The minimum atomic E-state index is -0.251. The number of carbonyl (C=O) groups is 3. The molecular formula is C26H28N4O3. The van der Waals surface area contributed by atoms with Crippen LogP contribution in [0.25, 0.3) is 0 Å². The molecule has 0 saturated heterocycles. The second kappa shape index (κ2) is 10.9. The fourth-order valence-corrected chi connectivity index (χ4v) is 3.27. The van der Waals surface area contributed by atoms with Crippen molar-refractivity contribution in [1.29, 1.82) is 0 Å². The molecule has 3 amide bonds. The standard InChI is InChI=1S/C26H28N4O3/c1-4-24(31)29-23-15-9-14-22(18(23)2)27-17-25(32)28-20-11-8-10-19(16-20)26(33)30(3)21-12-6-5-7-13-21/h5-16,27H,4,17H2,1-3H3,(H,28,32)(H,29,31). The number of rotatable bonds is 8. The topological polar surface area (TPSA) is 90.5 Å². The Labute approximate surface area is 193 Å². The van der Waals surface area contributed by atoms with Crippen LogP contribution in [0, 0.1) is 6.92 Å². The molecule has 170 valence electrons. The van der Waals surface area contributed by atoms with E-state index in [0.717, 1.165) is 16.9 Å². The first-order valence-electron chi connectivity index (χ1n) is 10.8. The van der Waals surface area contributed by atoms with E-state index in [0.29, 0.717) is 23.4 Å². The maximum atomic E-state index is 12.8. The van der Waals surface area contributed by atoms with Crippen molar-refractivity contribution in [3.63, 3.8) is 0 Å². The van der Waals surface area contributed by atoms with Crippen molar-refractivity contribution in [2.24, 2.45) is 0 Å². The number of carbonyl (C=O) groups excluding carboxylic acids is 3. The summed E-state index contributed by atoms with van der Waals surface area (Å²) in [6.07, 6.45) is 0.391. The average molecular weight is 445 g/mol. The molecule has 0 aromatic heterocycles. The van der Waals surface area contributed by atoms with Crippen LogP contribution in [0.3, 0.4) is 0 Å². The number of hydrogen-bond donors (Lipinski definition) is 3. The summed E-state index contributed by atoms with van der Waals surface area (Å²) in [5, 5.41) is 8.77. The predicted octanol–water partition coefficient (Wildman–Crippen LogP) is 4.67. The zero-order chi connectivity index (χ0) is 23.8. The van der Waals surface area contributed by atoms with Crippen molar-refractivity contribution in [2.45, 2.75) is 20.3 Å². The molecule has 7 heteroatoms. The first-order chi connectivity index (χ1) is 15.9. The van der Waals surface area contributed by atoms with Gasteiger partial charge >= 0.3 is 0 Å². The Hall–Kier alpha value is -4.13. The maximum Gasteiger partial charge on any atom is 0.258 e. The summed E-state index contributed by atoms with van der Waals surface area (Å²) in [6, 6.07) is 21.7. The minimum Gasteiger partial charge on any atom is -0.376 e. The summed E-state index contributed by atoms with van der Waals surface area (Å²) >= 11 is 0. The molecule has 0 unspecified atom stereocenters. The highest BCUT2D eigenvalue weighted by Crippen LogP contribution is 2.23. The van der Waals surface area contributed by atoms with Gasteiger partial charge in [-0.15, -0.1) is 0 Å². The van der Waals surface area contributed by atoms with Crippen LogP contribution in [0.5, 0.6) is 0 Å². The summed E-state index contributed by atoms with van der Waals surface area (Å²) in [4.78, 5) is 38.6. The van der Waals surface area contributed by atoms with Gasteiger partial charge in [0.25, 0.3) is 5.91 Å². The number of para-hydroxylation sites is 1. The van der Waals surface area contributed by atoms with E-state index in [-0.39, 0.29) is 24.3 Å². The van der Waals surface area contributed by atoms with Gasteiger partial charge in [0.05, 0.1) is 6.54 Å². The number of benzene rings is 3. The van der Waals surface area contributed by atoms with E-state index in [2.05, 4.69) is 16.0 Å². The summed E-state index contributed by atoms with van der Waals surface area (Å²) in [6.45, 7) is 3.71. The minimum absolute atomic E-state index is 0.0358. The summed E-state index contributed by atoms with van der Waals surface area (Å²) in [7, 11) is 1.71. The number of anilines is 4. The van der Waals surface area contributed by atoms with Gasteiger partial charge in [0.2, 0.25) is 11.8 Å². The number of nitrogens with zero attached hydrogens (tertiary/aromatic N) is 1. The van der Waals surface area contributed by atoms with E-state index >= 15 is 0 Å². The lowest BCUT2D eigenvalue weighted by molar-refractivity contribution is -0.116. The van der Waals surface area contributed by atoms with E-state index < -0.39 is 0 Å². The quantitative estimate of drug-likeness (QED) is 0.471. The molecule has 0 bridgehead atoms. The molecule has 0 aliphatic heterocycles. The summed E-state index contributed by atoms with van der Waals surface area (Å²) < 4.78 is 0. The number of nitrogens with one attached hydrogen (secondary N) is 3. The third kappa shape index (κ3) is 6.20. The van der Waals surface area contributed by atoms with Gasteiger partial charge in [-0.3, -0.25) is 14.4 Å². The van der Waals surface area contributed by atoms with Crippen molar-refractivity contribution < 1.29 is 14.4 Å². The van der Waals surface area contributed by atoms with Gasteiger partial charge in [-0.05, 0) is 55.0 Å². The zero-order valence-electron chi connectivity index (χ0n) is 19.0. The molecule has 3 rings (SSSR count). The van der Waals surface area contributed by atoms with Gasteiger partial charge < -0.3 is 20.9 Å². The van der Waals surface area contributed by atoms with Crippen LogP contribution in [0.15, 0.2) is 72.8 Å². The molecule has 3 N–H and O–H groups in total. The van der Waals surface area contributed by atoms with Gasteiger partial charge in [-0.1, -0.05) is 37.3 Å². The van der Waals surface area contributed by atoms with Gasteiger partial charge in [-0.2, -0.15) is 0 Å². The third-order valence-corrected chi connectivity index (χ3v) is 5.21. The van der Waals surface area contributed by atoms with E-state index in [9.17, 15) is 14.4 Å². The van der Waals surface area contributed by atoms with Gasteiger partial charge in [0, 0.05) is 41.8 Å².